The van der Waals surface area contributed by atoms with Crippen LogP contribution in [0.3, 0.4) is 0 Å². The van der Waals surface area contributed by atoms with Crippen LogP contribution in [0.25, 0.3) is 91.5 Å². The van der Waals surface area contributed by atoms with E-state index >= 15 is 0 Å². The Balaban J connectivity index is 1.21. The first-order chi connectivity index (χ1) is 25.3. The fourth-order valence-electron chi connectivity index (χ4n) is 10.3. The molecule has 1 nitrogen and oxygen atoms in total. The number of nitrogens with zero attached hydrogens (tertiary/aromatic N) is 1. The molecule has 0 radical (unpaired) electrons. The summed E-state index contributed by atoms with van der Waals surface area (Å²) in [5.74, 6) is 0. The van der Waals surface area contributed by atoms with Crippen LogP contribution < -0.4 is 0 Å². The molecule has 0 saturated carbocycles. The summed E-state index contributed by atoms with van der Waals surface area (Å²) in [6.07, 6.45) is 0. The summed E-state index contributed by atoms with van der Waals surface area (Å²) in [7, 11) is 0. The van der Waals surface area contributed by atoms with Crippen LogP contribution in [0, 0.1) is 0 Å². The molecule has 2 heteroatoms. The largest absolute Gasteiger partial charge is 0.309 e. The molecule has 0 amide bonds. The van der Waals surface area contributed by atoms with Crippen molar-refractivity contribution < 1.29 is 0 Å². The Kier molecular flexibility index (Phi) is 4.76. The lowest BCUT2D eigenvalue weighted by Crippen LogP contribution is -2.25. The Morgan fingerprint density at radius 2 is 0.961 bits per heavy atom. The summed E-state index contributed by atoms with van der Waals surface area (Å²) < 4.78 is 5.29. The molecule has 9 aromatic carbocycles. The van der Waals surface area contributed by atoms with Crippen LogP contribution in [-0.2, 0) is 5.41 Å². The highest BCUT2D eigenvalue weighted by molar-refractivity contribution is 7.26. The molecule has 234 valence electrons. The number of aromatic nitrogens is 1. The first-order valence-electron chi connectivity index (χ1n) is 17.8. The van der Waals surface area contributed by atoms with Gasteiger partial charge in [-0.2, -0.15) is 0 Å². The van der Waals surface area contributed by atoms with Crippen LogP contribution in [-0.4, -0.2) is 4.57 Å². The summed E-state index contributed by atoms with van der Waals surface area (Å²) in [6.45, 7) is 0. The molecule has 0 atom stereocenters. The molecule has 0 fully saturated rings. The van der Waals surface area contributed by atoms with Crippen LogP contribution in [0.5, 0.6) is 0 Å². The maximum absolute atomic E-state index is 2.57. The van der Waals surface area contributed by atoms with E-state index in [9.17, 15) is 0 Å². The van der Waals surface area contributed by atoms with Gasteiger partial charge in [-0.15, -0.1) is 11.3 Å². The van der Waals surface area contributed by atoms with Crippen LogP contribution in [0.2, 0.25) is 0 Å². The predicted octanol–water partition coefficient (Wildman–Crippen LogP) is 13.2. The molecule has 1 spiro atoms. The third kappa shape index (κ3) is 2.99. The third-order valence-electron chi connectivity index (χ3n) is 12.2. The van der Waals surface area contributed by atoms with Crippen molar-refractivity contribution in [2.24, 2.45) is 0 Å². The minimum absolute atomic E-state index is 0.381. The van der Waals surface area contributed by atoms with E-state index in [0.29, 0.717) is 0 Å². The van der Waals surface area contributed by atoms with Crippen LogP contribution in [0.15, 0.2) is 164 Å². The lowest BCUT2D eigenvalue weighted by atomic mass is 9.70. The van der Waals surface area contributed by atoms with E-state index in [1.54, 1.807) is 0 Å². The standard InChI is InChI=1S/C49H27NS/c1-5-17-38-30(11-1)31-12-2-6-18-39(31)49(38)40-19-7-3-14-36(40)45-41(49)26-25-35-32-13-4-8-20-42(32)50(48(35)45)28-23-24-29-33-15-9-21-43-46(33)47-34(37(29)27-28)16-10-22-44(47)51-43/h1-27H. The highest BCUT2D eigenvalue weighted by Gasteiger charge is 2.52. The molecule has 0 aliphatic heterocycles. The van der Waals surface area contributed by atoms with Crippen LogP contribution >= 0.6 is 11.3 Å². The number of thiophene rings is 1. The molecule has 51 heavy (non-hydrogen) atoms. The van der Waals surface area contributed by atoms with Crippen molar-refractivity contribution in [2.45, 2.75) is 5.41 Å². The Labute approximate surface area is 297 Å². The number of hydrogen-bond acceptors (Lipinski definition) is 1. The monoisotopic (exact) mass is 661 g/mol. The van der Waals surface area contributed by atoms with Gasteiger partial charge in [0.1, 0.15) is 0 Å². The van der Waals surface area contributed by atoms with Gasteiger partial charge in [-0.05, 0) is 90.8 Å². The van der Waals surface area contributed by atoms with Gasteiger partial charge in [-0.25, -0.2) is 0 Å². The first-order valence-corrected chi connectivity index (χ1v) is 18.6. The van der Waals surface area contributed by atoms with Gasteiger partial charge in [-0.3, -0.25) is 0 Å². The van der Waals surface area contributed by atoms with E-state index in [4.69, 9.17) is 0 Å². The van der Waals surface area contributed by atoms with Gasteiger partial charge in [0.2, 0.25) is 0 Å². The molecular formula is C49H27NS. The first kappa shape index (κ1) is 26.6. The van der Waals surface area contributed by atoms with Gasteiger partial charge >= 0.3 is 0 Å². The van der Waals surface area contributed by atoms with Crippen molar-refractivity contribution in [3.05, 3.63) is 186 Å². The zero-order chi connectivity index (χ0) is 33.0. The normalized spacial score (nSPS) is 14.0. The van der Waals surface area contributed by atoms with Gasteiger partial charge in [-0.1, -0.05) is 133 Å². The average molecular weight is 662 g/mol. The number of rotatable bonds is 1. The Morgan fingerprint density at radius 1 is 0.392 bits per heavy atom. The van der Waals surface area contributed by atoms with Crippen LogP contribution in [0.4, 0.5) is 0 Å². The summed E-state index contributed by atoms with van der Waals surface area (Å²) in [4.78, 5) is 0. The minimum Gasteiger partial charge on any atom is -0.309 e. The molecule has 2 heterocycles. The van der Waals surface area contributed by atoms with Crippen molar-refractivity contribution in [2.75, 3.05) is 0 Å². The average Bonchev–Trinajstić information content (AvgIpc) is 3.91. The van der Waals surface area contributed by atoms with Gasteiger partial charge in [0.25, 0.3) is 0 Å². The summed E-state index contributed by atoms with van der Waals surface area (Å²) in [5.41, 5.74) is 14.2. The Morgan fingerprint density at radius 3 is 1.69 bits per heavy atom. The zero-order valence-electron chi connectivity index (χ0n) is 27.4. The molecule has 0 bridgehead atoms. The van der Waals surface area contributed by atoms with Crippen molar-refractivity contribution in [1.29, 1.82) is 0 Å². The van der Waals surface area contributed by atoms with E-state index in [-0.39, 0.29) is 5.41 Å². The molecule has 0 saturated heterocycles. The van der Waals surface area contributed by atoms with E-state index in [0.717, 1.165) is 0 Å². The number of hydrogen-bond donors (Lipinski definition) is 0. The second kappa shape index (κ2) is 9.11. The number of para-hydroxylation sites is 1. The molecule has 0 N–H and O–H groups in total. The molecule has 2 aromatic heterocycles. The molecule has 2 aliphatic carbocycles. The fraction of sp³-hybridized carbons (Fsp3) is 0.0204. The highest BCUT2D eigenvalue weighted by atomic mass is 32.1. The second-order valence-corrected chi connectivity index (χ2v) is 15.4. The molecule has 11 aromatic rings. The number of fused-ring (bicyclic) bond motifs is 17. The van der Waals surface area contributed by atoms with Gasteiger partial charge < -0.3 is 4.57 Å². The summed E-state index contributed by atoms with van der Waals surface area (Å²) in [6, 6.07) is 62.0. The lowest BCUT2D eigenvalue weighted by Gasteiger charge is -2.30. The SMILES string of the molecule is c1ccc2c(c1)-c1ccccc1C21c2ccccc2-c2c1ccc1c3ccccc3n(-c3ccc4c(c3)c3cccc5sc6cccc4c6c53)c21. The Bertz CT molecular complexity index is 3270. The van der Waals surface area contributed by atoms with E-state index in [2.05, 4.69) is 168 Å². The number of benzene rings is 9. The fourth-order valence-corrected chi connectivity index (χ4v) is 11.5. The zero-order valence-corrected chi connectivity index (χ0v) is 28.3. The second-order valence-electron chi connectivity index (χ2n) is 14.3. The topological polar surface area (TPSA) is 4.93 Å². The quantitative estimate of drug-likeness (QED) is 0.154. The maximum atomic E-state index is 2.57. The lowest BCUT2D eigenvalue weighted by molar-refractivity contribution is 0.794. The predicted molar refractivity (Wildman–Crippen MR) is 216 cm³/mol. The van der Waals surface area contributed by atoms with E-state index < -0.39 is 0 Å². The molecule has 13 rings (SSSR count). The summed E-state index contributed by atoms with van der Waals surface area (Å²) >= 11 is 1.91. The van der Waals surface area contributed by atoms with Gasteiger partial charge in [0.05, 0.1) is 16.4 Å². The Hall–Kier alpha value is -6.22. The highest BCUT2D eigenvalue weighted by Crippen LogP contribution is 2.64. The minimum atomic E-state index is -0.381. The van der Waals surface area contributed by atoms with Crippen LogP contribution in [0.1, 0.15) is 22.3 Å². The molecule has 0 unspecified atom stereocenters. The van der Waals surface area contributed by atoms with Gasteiger partial charge in [0.15, 0.2) is 0 Å². The molecular weight excluding hydrogens is 635 g/mol. The third-order valence-corrected chi connectivity index (χ3v) is 13.3. The molecule has 2 aliphatic rings. The van der Waals surface area contributed by atoms with Crippen molar-refractivity contribution in [3.63, 3.8) is 0 Å². The van der Waals surface area contributed by atoms with E-state index in [1.165, 1.54) is 114 Å². The van der Waals surface area contributed by atoms with Gasteiger partial charge in [0, 0.05) is 42.2 Å². The van der Waals surface area contributed by atoms with Crippen molar-refractivity contribution >= 4 is 74.9 Å². The van der Waals surface area contributed by atoms with Crippen molar-refractivity contribution in [3.8, 4) is 27.9 Å². The smallest absolute Gasteiger partial charge is 0.0726 e. The summed E-state index contributed by atoms with van der Waals surface area (Å²) in [5, 5.41) is 10.7. The maximum Gasteiger partial charge on any atom is 0.0726 e. The van der Waals surface area contributed by atoms with Crippen molar-refractivity contribution in [1.82, 2.24) is 4.57 Å². The van der Waals surface area contributed by atoms with E-state index in [1.807, 2.05) is 11.3 Å².